The molecule has 0 radical (unpaired) electrons. The maximum atomic E-state index is 15.4. The van der Waals surface area contributed by atoms with Gasteiger partial charge in [0.2, 0.25) is 0 Å². The third-order valence-corrected chi connectivity index (χ3v) is 9.06. The van der Waals surface area contributed by atoms with Crippen molar-refractivity contribution in [2.75, 3.05) is 6.61 Å². The maximum absolute atomic E-state index is 15.4. The lowest BCUT2D eigenvalue weighted by Gasteiger charge is -2.15. The van der Waals surface area contributed by atoms with Crippen LogP contribution < -0.4 is 4.72 Å². The summed E-state index contributed by atoms with van der Waals surface area (Å²) in [5.74, 6) is 0.583. The minimum Gasteiger partial charge on any atom is -0.449 e. The van der Waals surface area contributed by atoms with Gasteiger partial charge in [0.25, 0.3) is 10.0 Å². The average Bonchev–Trinajstić information content (AvgIpc) is 3.52. The molecule has 1 N–H and O–H groups in total. The Bertz CT molecular complexity index is 1410. The highest BCUT2D eigenvalue weighted by molar-refractivity contribution is 7.92. The molecule has 3 heterocycles. The molecule has 7 nitrogen and oxygen atoms in total. The van der Waals surface area contributed by atoms with E-state index in [9.17, 15) is 26.4 Å². The summed E-state index contributed by atoms with van der Waals surface area (Å²) in [6.45, 7) is 3.33. The second-order valence-electron chi connectivity index (χ2n) is 9.51. The number of nitrogens with one attached hydrogen (secondary N) is 1. The van der Waals surface area contributed by atoms with Crippen molar-refractivity contribution >= 4 is 27.5 Å². The molecule has 4 rings (SSSR count). The summed E-state index contributed by atoms with van der Waals surface area (Å²) in [4.78, 5) is 17.0. The van der Waals surface area contributed by atoms with Crippen LogP contribution in [0.5, 0.6) is 0 Å². The highest BCUT2D eigenvalue weighted by atomic mass is 32.2. The van der Waals surface area contributed by atoms with Crippen molar-refractivity contribution in [3.63, 3.8) is 0 Å². The van der Waals surface area contributed by atoms with Gasteiger partial charge in [-0.05, 0) is 42.9 Å². The van der Waals surface area contributed by atoms with Gasteiger partial charge in [0.05, 0.1) is 12.6 Å². The number of amides is 1. The molecule has 0 spiro atoms. The van der Waals surface area contributed by atoms with Crippen molar-refractivity contribution < 1.29 is 35.5 Å². The molecule has 0 saturated carbocycles. The topological polar surface area (TPSA) is 90.3 Å². The first-order valence-electron chi connectivity index (χ1n) is 12.0. The molecule has 0 bridgehead atoms. The Hall–Kier alpha value is -2.93. The Labute approximate surface area is 221 Å². The van der Waals surface area contributed by atoms with Gasteiger partial charge in [-0.25, -0.2) is 27.3 Å². The molecule has 2 aromatic heterocycles. The normalized spacial score (nSPS) is 15.6. The molecule has 0 fully saturated rings. The molecule has 1 aliphatic rings. The smallest absolute Gasteiger partial charge is 0.421 e. The molecular formula is C25H27F4N3O4S2. The molecule has 0 unspecified atom stereocenters. The third kappa shape index (κ3) is 6.55. The molecule has 1 aliphatic heterocycles. The first kappa shape index (κ1) is 28.1. The molecular weight excluding hydrogens is 546 g/mol. The number of nitrogens with zero attached hydrogens (tertiary/aromatic N) is 2. The maximum Gasteiger partial charge on any atom is 0.421 e. The second-order valence-corrected chi connectivity index (χ2v) is 12.5. The summed E-state index contributed by atoms with van der Waals surface area (Å²) < 4.78 is 86.5. The van der Waals surface area contributed by atoms with Gasteiger partial charge >= 0.3 is 12.3 Å². The van der Waals surface area contributed by atoms with E-state index in [1.54, 1.807) is 35.3 Å². The highest BCUT2D eigenvalue weighted by Crippen LogP contribution is 2.39. The monoisotopic (exact) mass is 573 g/mol. The number of carbonyl (C=O) groups is 1. The van der Waals surface area contributed by atoms with E-state index in [0.717, 1.165) is 28.5 Å². The van der Waals surface area contributed by atoms with Gasteiger partial charge < -0.3 is 9.30 Å². The molecule has 1 atom stereocenters. The minimum absolute atomic E-state index is 0.203. The number of halogens is 4. The Morgan fingerprint density at radius 2 is 2.05 bits per heavy atom. The molecule has 1 aromatic carbocycles. The van der Waals surface area contributed by atoms with E-state index in [0.29, 0.717) is 24.0 Å². The third-order valence-electron chi connectivity index (χ3n) is 6.05. The fourth-order valence-corrected chi connectivity index (χ4v) is 7.29. The molecule has 38 heavy (non-hydrogen) atoms. The zero-order chi connectivity index (χ0) is 27.7. The van der Waals surface area contributed by atoms with Gasteiger partial charge in [-0.1, -0.05) is 26.0 Å². The number of aromatic nitrogens is 2. The number of sulfonamides is 1. The fourth-order valence-electron chi connectivity index (χ4n) is 4.45. The Morgan fingerprint density at radius 1 is 1.29 bits per heavy atom. The lowest BCUT2D eigenvalue weighted by molar-refractivity contribution is -0.137. The van der Waals surface area contributed by atoms with Crippen molar-refractivity contribution in [2.24, 2.45) is 5.92 Å². The standard InChI is InChI=1S/C25H27F4N3O4S2/c1-15(2)12-17-14-19(23(37-17)38(34,35)31-24(33)36-11-3-8-25(27,28)29)16-4-5-18(20(26)13-16)21-6-7-22-30-9-10-32(21)22/h4-5,9-10,13-15,21H,3,6-8,11-12H2,1-2H3,(H,31,33)/t21-/m0/s1. The first-order valence-corrected chi connectivity index (χ1v) is 14.3. The first-order chi connectivity index (χ1) is 17.8. The van der Waals surface area contributed by atoms with E-state index >= 15 is 4.39 Å². The Balaban J connectivity index is 1.58. The molecule has 0 aliphatic carbocycles. The Kier molecular flexibility index (Phi) is 8.17. The number of ether oxygens (including phenoxy) is 1. The number of benzene rings is 1. The predicted molar refractivity (Wildman–Crippen MR) is 134 cm³/mol. The molecule has 0 saturated heterocycles. The summed E-state index contributed by atoms with van der Waals surface area (Å²) in [6.07, 6.45) is -1.99. The number of alkyl halides is 3. The number of fused-ring (bicyclic) bond motifs is 1. The summed E-state index contributed by atoms with van der Waals surface area (Å²) in [7, 11) is -4.45. The van der Waals surface area contributed by atoms with Crippen molar-refractivity contribution in [3.05, 3.63) is 58.7 Å². The van der Waals surface area contributed by atoms with Crippen LogP contribution in [0, 0.1) is 11.7 Å². The lowest BCUT2D eigenvalue weighted by atomic mass is 9.99. The van der Waals surface area contributed by atoms with E-state index in [2.05, 4.69) is 9.72 Å². The molecule has 1 amide bonds. The molecule has 3 aromatic rings. The van der Waals surface area contributed by atoms with Crippen LogP contribution in [0.1, 0.15) is 55.4 Å². The van der Waals surface area contributed by atoms with Crippen LogP contribution in [0.3, 0.4) is 0 Å². The Morgan fingerprint density at radius 3 is 2.74 bits per heavy atom. The zero-order valence-electron chi connectivity index (χ0n) is 20.7. The summed E-state index contributed by atoms with van der Waals surface area (Å²) in [6, 6.07) is 6.00. The van der Waals surface area contributed by atoms with Gasteiger partial charge in [-0.15, -0.1) is 11.3 Å². The van der Waals surface area contributed by atoms with Crippen molar-refractivity contribution in [1.29, 1.82) is 0 Å². The predicted octanol–water partition coefficient (Wildman–Crippen LogP) is 6.24. The minimum atomic E-state index is -4.45. The van der Waals surface area contributed by atoms with E-state index in [-0.39, 0.29) is 21.7 Å². The quantitative estimate of drug-likeness (QED) is 0.242. The van der Waals surface area contributed by atoms with E-state index in [4.69, 9.17) is 0 Å². The van der Waals surface area contributed by atoms with Crippen LogP contribution in [0.25, 0.3) is 11.1 Å². The van der Waals surface area contributed by atoms with Crippen LogP contribution in [-0.2, 0) is 27.6 Å². The number of hydrogen-bond donors (Lipinski definition) is 1. The van der Waals surface area contributed by atoms with Crippen molar-refractivity contribution in [2.45, 2.75) is 62.4 Å². The van der Waals surface area contributed by atoms with Crippen LogP contribution in [0.15, 0.2) is 40.9 Å². The van der Waals surface area contributed by atoms with Crippen LogP contribution in [0.4, 0.5) is 22.4 Å². The van der Waals surface area contributed by atoms with Crippen LogP contribution in [0.2, 0.25) is 0 Å². The largest absolute Gasteiger partial charge is 0.449 e. The van der Waals surface area contributed by atoms with E-state index in [1.165, 1.54) is 6.07 Å². The second kappa shape index (κ2) is 11.0. The number of thiophene rings is 1. The average molecular weight is 574 g/mol. The van der Waals surface area contributed by atoms with Crippen molar-refractivity contribution in [3.8, 4) is 11.1 Å². The molecule has 206 valence electrons. The number of hydrogen-bond acceptors (Lipinski definition) is 6. The fraction of sp³-hybridized carbons (Fsp3) is 0.440. The number of imidazole rings is 1. The van der Waals surface area contributed by atoms with E-state index < -0.39 is 47.6 Å². The van der Waals surface area contributed by atoms with Gasteiger partial charge in [0.1, 0.15) is 15.9 Å². The van der Waals surface area contributed by atoms with Gasteiger partial charge in [-0.2, -0.15) is 13.2 Å². The number of carbonyl (C=O) groups excluding carboxylic acids is 1. The highest BCUT2D eigenvalue weighted by Gasteiger charge is 2.30. The molecule has 13 heteroatoms. The summed E-state index contributed by atoms with van der Waals surface area (Å²) >= 11 is 0.949. The van der Waals surface area contributed by atoms with Gasteiger partial charge in [0.15, 0.2) is 0 Å². The van der Waals surface area contributed by atoms with Crippen LogP contribution in [-0.4, -0.2) is 36.8 Å². The van der Waals surface area contributed by atoms with Gasteiger partial charge in [0, 0.05) is 41.2 Å². The van der Waals surface area contributed by atoms with Gasteiger partial charge in [-0.3, -0.25) is 0 Å². The summed E-state index contributed by atoms with van der Waals surface area (Å²) in [5.41, 5.74) is 1.01. The van der Waals surface area contributed by atoms with Crippen molar-refractivity contribution in [1.82, 2.24) is 14.3 Å². The SMILES string of the molecule is CC(C)Cc1cc(-c2ccc([C@@H]3CCc4nccn43)c(F)c2)c(S(=O)(=O)NC(=O)OCCCC(F)(F)F)s1. The van der Waals surface area contributed by atoms with E-state index in [1.807, 2.05) is 18.4 Å². The van der Waals surface area contributed by atoms with Crippen LogP contribution >= 0.6 is 11.3 Å². The number of aryl methyl sites for hydroxylation is 1. The lowest BCUT2D eigenvalue weighted by Crippen LogP contribution is -2.31. The summed E-state index contributed by atoms with van der Waals surface area (Å²) in [5, 5.41) is 0. The number of rotatable bonds is 9. The zero-order valence-corrected chi connectivity index (χ0v) is 22.4.